The van der Waals surface area contributed by atoms with E-state index in [4.69, 9.17) is 0 Å². The molecule has 1 aliphatic carbocycles. The maximum Gasteiger partial charge on any atom is 0.163 e. The minimum absolute atomic E-state index is 0.326. The highest BCUT2D eigenvalue weighted by molar-refractivity contribution is 5.97. The number of carbonyl (C=O) groups is 1. The van der Waals surface area contributed by atoms with Gasteiger partial charge >= 0.3 is 0 Å². The van der Waals surface area contributed by atoms with E-state index in [-0.39, 0.29) is 0 Å². The highest BCUT2D eigenvalue weighted by atomic mass is 16.1. The van der Waals surface area contributed by atoms with Crippen molar-refractivity contribution in [2.75, 3.05) is 0 Å². The predicted octanol–water partition coefficient (Wildman–Crippen LogP) is 2.90. The molecule has 0 amide bonds. The summed E-state index contributed by atoms with van der Waals surface area (Å²) in [6.45, 7) is 2.08. The van der Waals surface area contributed by atoms with Crippen LogP contribution in [0.4, 0.5) is 0 Å². The number of aryl methyl sites for hydroxylation is 2. The molecule has 1 aromatic carbocycles. The molecule has 0 unspecified atom stereocenters. The number of hydrogen-bond donors (Lipinski definition) is 0. The van der Waals surface area contributed by atoms with Gasteiger partial charge < -0.3 is 0 Å². The van der Waals surface area contributed by atoms with E-state index in [0.29, 0.717) is 5.78 Å². The zero-order valence-electron chi connectivity index (χ0n) is 7.97. The van der Waals surface area contributed by atoms with Crippen molar-refractivity contribution in [1.29, 1.82) is 0 Å². The molecule has 0 bridgehead atoms. The Morgan fingerprint density at radius 3 is 2.77 bits per heavy atom. The molecule has 68 valence electrons. The van der Waals surface area contributed by atoms with Crippen molar-refractivity contribution < 1.29 is 4.79 Å². The molecule has 0 aliphatic heterocycles. The Balaban J connectivity index is 2.48. The second-order valence-electron chi connectivity index (χ2n) is 3.79. The Kier molecular flexibility index (Phi) is 2.17. The minimum Gasteiger partial charge on any atom is -0.294 e. The first-order valence-electron chi connectivity index (χ1n) is 4.90. The first-order valence-corrected chi connectivity index (χ1v) is 4.90. The van der Waals surface area contributed by atoms with Crippen LogP contribution in [-0.2, 0) is 6.42 Å². The summed E-state index contributed by atoms with van der Waals surface area (Å²) in [6.07, 6.45) is 4.01. The van der Waals surface area contributed by atoms with E-state index in [0.717, 1.165) is 31.2 Å². The Morgan fingerprint density at radius 2 is 1.92 bits per heavy atom. The van der Waals surface area contributed by atoms with Gasteiger partial charge in [0.05, 0.1) is 0 Å². The van der Waals surface area contributed by atoms with Crippen LogP contribution >= 0.6 is 0 Å². The topological polar surface area (TPSA) is 17.1 Å². The van der Waals surface area contributed by atoms with E-state index < -0.39 is 0 Å². The monoisotopic (exact) mass is 174 g/mol. The first-order chi connectivity index (χ1) is 6.27. The van der Waals surface area contributed by atoms with Crippen LogP contribution in [0.25, 0.3) is 0 Å². The third-order valence-corrected chi connectivity index (χ3v) is 2.66. The van der Waals surface area contributed by atoms with Crippen molar-refractivity contribution in [1.82, 2.24) is 0 Å². The van der Waals surface area contributed by atoms with Gasteiger partial charge in [0.1, 0.15) is 0 Å². The molecule has 0 fully saturated rings. The molecule has 0 aromatic heterocycles. The average Bonchev–Trinajstić information content (AvgIpc) is 2.28. The number of fused-ring (bicyclic) bond motifs is 1. The van der Waals surface area contributed by atoms with E-state index in [1.54, 1.807) is 0 Å². The Morgan fingerprint density at radius 1 is 1.15 bits per heavy atom. The van der Waals surface area contributed by atoms with E-state index in [1.165, 1.54) is 11.1 Å². The van der Waals surface area contributed by atoms with Crippen LogP contribution < -0.4 is 0 Å². The van der Waals surface area contributed by atoms with Crippen LogP contribution in [0.15, 0.2) is 18.2 Å². The standard InChI is InChI=1S/C12H14O/c1-9-6-7-11-10(8-9)4-2-3-5-12(11)13/h6-8H,2-5H2,1H3. The SMILES string of the molecule is Cc1ccc2c(c1)CCCCC2=O. The lowest BCUT2D eigenvalue weighted by molar-refractivity contribution is 0.0982. The molecule has 0 heterocycles. The van der Waals surface area contributed by atoms with E-state index in [2.05, 4.69) is 13.0 Å². The molecule has 2 rings (SSSR count). The van der Waals surface area contributed by atoms with Crippen molar-refractivity contribution in [3.63, 3.8) is 0 Å². The lowest BCUT2D eigenvalue weighted by atomic mass is 10.00. The highest BCUT2D eigenvalue weighted by Crippen LogP contribution is 2.21. The van der Waals surface area contributed by atoms with Crippen LogP contribution in [0, 0.1) is 6.92 Å². The second-order valence-corrected chi connectivity index (χ2v) is 3.79. The Labute approximate surface area is 78.8 Å². The number of ketones is 1. The largest absolute Gasteiger partial charge is 0.294 e. The van der Waals surface area contributed by atoms with Crippen LogP contribution in [0.3, 0.4) is 0 Å². The fraction of sp³-hybridized carbons (Fsp3) is 0.417. The fourth-order valence-electron chi connectivity index (χ4n) is 1.94. The summed E-state index contributed by atoms with van der Waals surface area (Å²) in [5.41, 5.74) is 3.47. The van der Waals surface area contributed by atoms with Crippen molar-refractivity contribution >= 4 is 5.78 Å². The molecule has 1 nitrogen and oxygen atoms in total. The second kappa shape index (κ2) is 3.33. The quantitative estimate of drug-likeness (QED) is 0.553. The normalized spacial score (nSPS) is 16.5. The van der Waals surface area contributed by atoms with Gasteiger partial charge in [0.2, 0.25) is 0 Å². The highest BCUT2D eigenvalue weighted by Gasteiger charge is 2.14. The summed E-state index contributed by atoms with van der Waals surface area (Å²) in [7, 11) is 0. The summed E-state index contributed by atoms with van der Waals surface area (Å²) >= 11 is 0. The third-order valence-electron chi connectivity index (χ3n) is 2.66. The molecule has 1 heteroatoms. The van der Waals surface area contributed by atoms with Gasteiger partial charge in [-0.2, -0.15) is 0 Å². The number of hydrogen-bond acceptors (Lipinski definition) is 1. The average molecular weight is 174 g/mol. The minimum atomic E-state index is 0.326. The van der Waals surface area contributed by atoms with Crippen LogP contribution in [0.2, 0.25) is 0 Å². The summed E-state index contributed by atoms with van der Waals surface area (Å²) < 4.78 is 0. The molecule has 0 N–H and O–H groups in total. The zero-order chi connectivity index (χ0) is 9.26. The van der Waals surface area contributed by atoms with Gasteiger partial charge in [-0.15, -0.1) is 0 Å². The summed E-state index contributed by atoms with van der Waals surface area (Å²) in [5.74, 6) is 0.326. The van der Waals surface area contributed by atoms with E-state index in [9.17, 15) is 4.79 Å². The van der Waals surface area contributed by atoms with Gasteiger partial charge in [0.15, 0.2) is 5.78 Å². The molecular weight excluding hydrogens is 160 g/mol. The van der Waals surface area contributed by atoms with Gasteiger partial charge in [-0.1, -0.05) is 23.8 Å². The Hall–Kier alpha value is -1.11. The van der Waals surface area contributed by atoms with Crippen molar-refractivity contribution in [3.05, 3.63) is 34.9 Å². The summed E-state index contributed by atoms with van der Waals surface area (Å²) in [5, 5.41) is 0. The van der Waals surface area contributed by atoms with Gasteiger partial charge in [0, 0.05) is 12.0 Å². The molecule has 1 aliphatic rings. The molecule has 0 saturated carbocycles. The predicted molar refractivity (Wildman–Crippen MR) is 53.1 cm³/mol. The summed E-state index contributed by atoms with van der Waals surface area (Å²) in [4.78, 5) is 11.6. The van der Waals surface area contributed by atoms with Crippen molar-refractivity contribution in [3.8, 4) is 0 Å². The summed E-state index contributed by atoms with van der Waals surface area (Å²) in [6, 6.07) is 6.17. The smallest absolute Gasteiger partial charge is 0.163 e. The van der Waals surface area contributed by atoms with E-state index in [1.807, 2.05) is 12.1 Å². The lowest BCUT2D eigenvalue weighted by Crippen LogP contribution is -1.99. The zero-order valence-corrected chi connectivity index (χ0v) is 7.97. The molecule has 13 heavy (non-hydrogen) atoms. The van der Waals surface area contributed by atoms with Crippen LogP contribution in [0.1, 0.15) is 40.7 Å². The van der Waals surface area contributed by atoms with Crippen LogP contribution in [-0.4, -0.2) is 5.78 Å². The Bertz CT molecular complexity index is 339. The maximum absolute atomic E-state index is 11.6. The molecule has 0 saturated heterocycles. The number of rotatable bonds is 0. The molecule has 1 aromatic rings. The number of benzene rings is 1. The van der Waals surface area contributed by atoms with Gasteiger partial charge in [0.25, 0.3) is 0 Å². The molecule has 0 spiro atoms. The maximum atomic E-state index is 11.6. The van der Waals surface area contributed by atoms with Crippen LogP contribution in [0.5, 0.6) is 0 Å². The van der Waals surface area contributed by atoms with Gasteiger partial charge in [-0.3, -0.25) is 4.79 Å². The first kappa shape index (κ1) is 8.49. The third kappa shape index (κ3) is 1.64. The molecule has 0 radical (unpaired) electrons. The van der Waals surface area contributed by atoms with Crippen molar-refractivity contribution in [2.45, 2.75) is 32.6 Å². The number of carbonyl (C=O) groups excluding carboxylic acids is 1. The molecular formula is C12H14O. The van der Waals surface area contributed by atoms with Crippen molar-refractivity contribution in [2.24, 2.45) is 0 Å². The fourth-order valence-corrected chi connectivity index (χ4v) is 1.94. The lowest BCUT2D eigenvalue weighted by Gasteiger charge is -2.04. The van der Waals surface area contributed by atoms with Gasteiger partial charge in [-0.05, 0) is 31.7 Å². The molecule has 0 atom stereocenters. The number of Topliss-reactive ketones (excluding diaryl/α,β-unsaturated/α-hetero) is 1. The van der Waals surface area contributed by atoms with Gasteiger partial charge in [-0.25, -0.2) is 0 Å². The van der Waals surface area contributed by atoms with E-state index >= 15 is 0 Å².